The Morgan fingerprint density at radius 2 is 1.88 bits per heavy atom. The highest BCUT2D eigenvalue weighted by molar-refractivity contribution is 6.53. The largest absolute Gasteiger partial charge is 0.524 e. The van der Waals surface area contributed by atoms with Crippen molar-refractivity contribution in [3.05, 3.63) is 29.3 Å². The van der Waals surface area contributed by atoms with Crippen LogP contribution in [0.3, 0.4) is 0 Å². The van der Waals surface area contributed by atoms with Crippen LogP contribution in [0.25, 0.3) is 0 Å². The number of hydrogen-bond donors (Lipinski definition) is 0. The lowest BCUT2D eigenvalue weighted by molar-refractivity contribution is -0.142. The van der Waals surface area contributed by atoms with Crippen molar-refractivity contribution in [2.45, 2.75) is 58.0 Å². The number of halogens is 4. The Kier molecular flexibility index (Phi) is 5.08. The summed E-state index contributed by atoms with van der Waals surface area (Å²) in [5.41, 5.74) is -3.51. The van der Waals surface area contributed by atoms with Crippen molar-refractivity contribution in [1.82, 2.24) is 9.78 Å². The van der Waals surface area contributed by atoms with Gasteiger partial charge in [0.1, 0.15) is 12.3 Å². The van der Waals surface area contributed by atoms with Crippen LogP contribution in [0.2, 0.25) is 0 Å². The molecule has 136 valence electrons. The summed E-state index contributed by atoms with van der Waals surface area (Å²) in [4.78, 5) is 0. The molecule has 0 aliphatic carbocycles. The number of allylic oxidation sites excluding steroid dienone is 1. The molecule has 0 aromatic carbocycles. The fraction of sp³-hybridized carbons (Fsp3) is 0.562. The van der Waals surface area contributed by atoms with Crippen LogP contribution in [0.1, 0.15) is 39.0 Å². The lowest BCUT2D eigenvalue weighted by Gasteiger charge is -2.32. The van der Waals surface area contributed by atoms with Crippen LogP contribution in [-0.4, -0.2) is 28.1 Å². The Balaban J connectivity index is 2.20. The summed E-state index contributed by atoms with van der Waals surface area (Å²) in [6.45, 7) is 6.92. The molecule has 2 rings (SSSR count). The average molecular weight is 358 g/mol. The summed E-state index contributed by atoms with van der Waals surface area (Å²) in [5, 5.41) is 3.43. The molecule has 0 radical (unpaired) electrons. The minimum Gasteiger partial charge on any atom is -0.398 e. The van der Waals surface area contributed by atoms with E-state index in [4.69, 9.17) is 15.7 Å². The third-order valence-electron chi connectivity index (χ3n) is 4.35. The first-order valence-corrected chi connectivity index (χ1v) is 7.65. The Bertz CT molecular complexity index is 701. The van der Waals surface area contributed by atoms with Crippen molar-refractivity contribution in [3.8, 4) is 12.3 Å². The standard InChI is InChI=1S/C16H19BF4N2O2/c1-6-9-23-10-11(13(22-23)16(19,20)21)7-8-12(18)17-24-14(2,3)15(4,5)25-17/h1,8,10H,7,9H2,2-5H3. The molecular weight excluding hydrogens is 339 g/mol. The zero-order valence-electron chi connectivity index (χ0n) is 14.4. The number of hydrogen-bond acceptors (Lipinski definition) is 3. The monoisotopic (exact) mass is 358 g/mol. The third-order valence-corrected chi connectivity index (χ3v) is 4.35. The van der Waals surface area contributed by atoms with Crippen molar-refractivity contribution in [3.63, 3.8) is 0 Å². The SMILES string of the molecule is C#CCn1cc(CC=C(F)B2OC(C)(C)C(C)(C)O2)c(C(F)(F)F)n1. The first kappa shape index (κ1) is 19.5. The van der Waals surface area contributed by atoms with Crippen molar-refractivity contribution in [2.24, 2.45) is 0 Å². The van der Waals surface area contributed by atoms with Gasteiger partial charge in [0.25, 0.3) is 0 Å². The molecule has 0 spiro atoms. The minimum absolute atomic E-state index is 0.105. The fourth-order valence-corrected chi connectivity index (χ4v) is 2.28. The van der Waals surface area contributed by atoms with Crippen molar-refractivity contribution >= 4 is 7.12 Å². The molecule has 1 saturated heterocycles. The van der Waals surface area contributed by atoms with Gasteiger partial charge in [-0.15, -0.1) is 6.42 Å². The van der Waals surface area contributed by atoms with Gasteiger partial charge in [-0.25, -0.2) is 4.39 Å². The summed E-state index contributed by atoms with van der Waals surface area (Å²) in [6.07, 6.45) is 2.30. The van der Waals surface area contributed by atoms with Crippen LogP contribution >= 0.6 is 0 Å². The van der Waals surface area contributed by atoms with Gasteiger partial charge in [0.2, 0.25) is 0 Å². The first-order valence-electron chi connectivity index (χ1n) is 7.65. The van der Waals surface area contributed by atoms with Gasteiger partial charge >= 0.3 is 13.3 Å². The Morgan fingerprint density at radius 1 is 1.32 bits per heavy atom. The second kappa shape index (κ2) is 6.50. The maximum absolute atomic E-state index is 14.3. The summed E-state index contributed by atoms with van der Waals surface area (Å²) in [6, 6.07) is 0. The Morgan fingerprint density at radius 3 is 2.36 bits per heavy atom. The molecule has 0 bridgehead atoms. The van der Waals surface area contributed by atoms with E-state index in [9.17, 15) is 17.6 Å². The third kappa shape index (κ3) is 4.07. The smallest absolute Gasteiger partial charge is 0.398 e. The molecule has 25 heavy (non-hydrogen) atoms. The maximum atomic E-state index is 14.3. The van der Waals surface area contributed by atoms with E-state index in [1.54, 1.807) is 27.7 Å². The fourth-order valence-electron chi connectivity index (χ4n) is 2.28. The van der Waals surface area contributed by atoms with Crippen LogP contribution in [0.15, 0.2) is 18.0 Å². The predicted molar refractivity (Wildman–Crippen MR) is 85.0 cm³/mol. The number of rotatable bonds is 4. The van der Waals surface area contributed by atoms with Crippen LogP contribution < -0.4 is 0 Å². The zero-order chi connectivity index (χ0) is 19.0. The molecular formula is C16H19BF4N2O2. The average Bonchev–Trinajstić information content (AvgIpc) is 2.95. The molecule has 0 amide bonds. The Labute approximate surface area is 144 Å². The quantitative estimate of drug-likeness (QED) is 0.469. The number of alkyl halides is 3. The molecule has 1 aliphatic rings. The van der Waals surface area contributed by atoms with Crippen molar-refractivity contribution in [1.29, 1.82) is 0 Å². The minimum atomic E-state index is -4.65. The van der Waals surface area contributed by atoms with E-state index in [1.165, 1.54) is 0 Å². The topological polar surface area (TPSA) is 36.3 Å². The van der Waals surface area contributed by atoms with Crippen molar-refractivity contribution < 1.29 is 26.9 Å². The number of nitrogens with zero attached hydrogens (tertiary/aromatic N) is 2. The normalized spacial score (nSPS) is 20.0. The summed E-state index contributed by atoms with van der Waals surface area (Å²) in [5.74, 6) is 2.21. The number of aromatic nitrogens is 2. The highest BCUT2D eigenvalue weighted by Gasteiger charge is 2.53. The van der Waals surface area contributed by atoms with Gasteiger partial charge in [0.15, 0.2) is 5.69 Å². The van der Waals surface area contributed by atoms with Gasteiger partial charge in [-0.2, -0.15) is 18.3 Å². The molecule has 4 nitrogen and oxygen atoms in total. The number of terminal acetylenes is 1. The van der Waals surface area contributed by atoms with Gasteiger partial charge in [0, 0.05) is 11.8 Å². The second-order valence-corrected chi connectivity index (χ2v) is 6.78. The second-order valence-electron chi connectivity index (χ2n) is 6.78. The van der Waals surface area contributed by atoms with Crippen LogP contribution in [0.5, 0.6) is 0 Å². The van der Waals surface area contributed by atoms with E-state index in [1.807, 2.05) is 0 Å². The first-order chi connectivity index (χ1) is 11.4. The maximum Gasteiger partial charge on any atom is 0.524 e. The van der Waals surface area contributed by atoms with E-state index in [-0.39, 0.29) is 18.5 Å². The summed E-state index contributed by atoms with van der Waals surface area (Å²) < 4.78 is 65.5. The highest BCUT2D eigenvalue weighted by atomic mass is 19.4. The van der Waals surface area contributed by atoms with E-state index < -0.39 is 35.9 Å². The summed E-state index contributed by atoms with van der Waals surface area (Å²) in [7, 11) is -1.25. The highest BCUT2D eigenvalue weighted by Crippen LogP contribution is 2.39. The molecule has 1 aromatic rings. The van der Waals surface area contributed by atoms with E-state index in [2.05, 4.69) is 11.0 Å². The molecule has 1 aromatic heterocycles. The van der Waals surface area contributed by atoms with Gasteiger partial charge in [-0.05, 0) is 34.1 Å². The molecule has 0 atom stereocenters. The zero-order valence-corrected chi connectivity index (χ0v) is 14.4. The van der Waals surface area contributed by atoms with Gasteiger partial charge in [-0.3, -0.25) is 4.68 Å². The van der Waals surface area contributed by atoms with Crippen molar-refractivity contribution in [2.75, 3.05) is 0 Å². The lowest BCUT2D eigenvalue weighted by Crippen LogP contribution is -2.41. The molecule has 2 heterocycles. The molecule has 0 unspecified atom stereocenters. The van der Waals surface area contributed by atoms with Gasteiger partial charge in [-0.1, -0.05) is 12.0 Å². The molecule has 1 aliphatic heterocycles. The van der Waals surface area contributed by atoms with Crippen LogP contribution in [-0.2, 0) is 28.5 Å². The van der Waals surface area contributed by atoms with Crippen LogP contribution in [0.4, 0.5) is 17.6 Å². The lowest BCUT2D eigenvalue weighted by atomic mass is 9.87. The van der Waals surface area contributed by atoms with E-state index in [0.717, 1.165) is 17.0 Å². The van der Waals surface area contributed by atoms with Crippen LogP contribution in [0, 0.1) is 12.3 Å². The van der Waals surface area contributed by atoms with E-state index in [0.29, 0.717) is 0 Å². The molecule has 1 fully saturated rings. The molecule has 0 saturated carbocycles. The molecule has 9 heteroatoms. The Hall–Kier alpha value is -1.79. The molecule has 0 N–H and O–H groups in total. The predicted octanol–water partition coefficient (Wildman–Crippen LogP) is 3.56. The van der Waals surface area contributed by atoms with Gasteiger partial charge in [0.05, 0.1) is 11.2 Å². The van der Waals surface area contributed by atoms with Gasteiger partial charge < -0.3 is 9.31 Å². The summed E-state index contributed by atoms with van der Waals surface area (Å²) >= 11 is 0. The van der Waals surface area contributed by atoms with E-state index >= 15 is 0 Å².